The normalized spacial score (nSPS) is 14.0. The molecule has 2 aromatic rings. The van der Waals surface area contributed by atoms with E-state index in [0.717, 1.165) is 11.3 Å². The van der Waals surface area contributed by atoms with Gasteiger partial charge in [-0.1, -0.05) is 26.0 Å². The van der Waals surface area contributed by atoms with Crippen LogP contribution in [-0.4, -0.2) is 57.3 Å². The molecule has 3 N–H and O–H groups in total. The van der Waals surface area contributed by atoms with Gasteiger partial charge in [-0.3, -0.25) is 0 Å². The number of nitrogens with zero attached hydrogens (tertiary/aromatic N) is 1. The zero-order valence-corrected chi connectivity index (χ0v) is 18.8. The van der Waals surface area contributed by atoms with Gasteiger partial charge in [-0.15, -0.1) is 0 Å². The number of sulfonamides is 1. The van der Waals surface area contributed by atoms with Gasteiger partial charge in [0.15, 0.2) is 0 Å². The number of hydrogen-bond acceptors (Lipinski definition) is 6. The first-order valence-electron chi connectivity index (χ1n) is 9.88. The maximum atomic E-state index is 13.2. The van der Waals surface area contributed by atoms with Crippen LogP contribution in [0.15, 0.2) is 53.4 Å². The summed E-state index contributed by atoms with van der Waals surface area (Å²) in [4.78, 5) is 0.153. The highest BCUT2D eigenvalue weighted by molar-refractivity contribution is 7.89. The Morgan fingerprint density at radius 2 is 1.43 bits per heavy atom. The number of methoxy groups -OCH3 is 2. The predicted molar refractivity (Wildman–Crippen MR) is 117 cm³/mol. The van der Waals surface area contributed by atoms with Crippen LogP contribution in [0, 0.1) is 5.92 Å². The molecule has 0 spiro atoms. The minimum Gasteiger partial charge on any atom is -0.497 e. The standard InChI is InChI=1S/C22H32N2O5S/c1-16(2)14-24(30(26,27)20-11-9-19(29-4)10-12-20)15-22(25)21(23)13-17-5-7-18(28-3)8-6-17/h5-12,16,21-22,25H,13-15,23H2,1-4H3/t21-,22+/m0/s1. The summed E-state index contributed by atoms with van der Waals surface area (Å²) in [6, 6.07) is 13.0. The van der Waals surface area contributed by atoms with Gasteiger partial charge in [-0.2, -0.15) is 4.31 Å². The summed E-state index contributed by atoms with van der Waals surface area (Å²) in [5, 5.41) is 10.7. The summed E-state index contributed by atoms with van der Waals surface area (Å²) >= 11 is 0. The number of hydrogen-bond donors (Lipinski definition) is 2. The molecule has 0 fully saturated rings. The van der Waals surface area contributed by atoms with E-state index in [1.807, 2.05) is 38.1 Å². The molecule has 0 aliphatic rings. The highest BCUT2D eigenvalue weighted by Gasteiger charge is 2.29. The van der Waals surface area contributed by atoms with Crippen molar-refractivity contribution >= 4 is 10.0 Å². The lowest BCUT2D eigenvalue weighted by molar-refractivity contribution is 0.116. The molecule has 0 aliphatic heterocycles. The molecular formula is C22H32N2O5S. The van der Waals surface area contributed by atoms with E-state index in [4.69, 9.17) is 15.2 Å². The molecule has 0 heterocycles. The van der Waals surface area contributed by atoms with Crippen molar-refractivity contribution in [2.75, 3.05) is 27.3 Å². The van der Waals surface area contributed by atoms with Crippen molar-refractivity contribution in [2.24, 2.45) is 11.7 Å². The SMILES string of the molecule is COc1ccc(C[C@H](N)[C@H](O)CN(CC(C)C)S(=O)(=O)c2ccc(OC)cc2)cc1. The lowest BCUT2D eigenvalue weighted by Gasteiger charge is -2.28. The Bertz CT molecular complexity index is 883. The molecule has 2 aromatic carbocycles. The van der Waals surface area contributed by atoms with Gasteiger partial charge in [-0.25, -0.2) is 8.42 Å². The van der Waals surface area contributed by atoms with Crippen LogP contribution in [0.5, 0.6) is 11.5 Å². The van der Waals surface area contributed by atoms with Crippen LogP contribution in [0.2, 0.25) is 0 Å². The van der Waals surface area contributed by atoms with Crippen LogP contribution in [0.4, 0.5) is 0 Å². The number of aliphatic hydroxyl groups is 1. The Hall–Kier alpha value is -2.13. The number of rotatable bonds is 11. The highest BCUT2D eigenvalue weighted by Crippen LogP contribution is 2.21. The van der Waals surface area contributed by atoms with Crippen molar-refractivity contribution in [3.63, 3.8) is 0 Å². The second-order valence-corrected chi connectivity index (χ2v) is 9.61. The number of benzene rings is 2. The summed E-state index contributed by atoms with van der Waals surface area (Å²) in [5.74, 6) is 1.40. The van der Waals surface area contributed by atoms with Crippen LogP contribution in [0.3, 0.4) is 0 Å². The number of ether oxygens (including phenoxy) is 2. The molecule has 0 amide bonds. The lowest BCUT2D eigenvalue weighted by atomic mass is 10.0. The highest BCUT2D eigenvalue weighted by atomic mass is 32.2. The van der Waals surface area contributed by atoms with Crippen molar-refractivity contribution in [1.29, 1.82) is 0 Å². The minimum atomic E-state index is -3.79. The molecule has 0 saturated carbocycles. The van der Waals surface area contributed by atoms with E-state index in [-0.39, 0.29) is 23.9 Å². The molecule has 166 valence electrons. The van der Waals surface area contributed by atoms with Crippen LogP contribution in [0.1, 0.15) is 19.4 Å². The van der Waals surface area contributed by atoms with E-state index in [1.54, 1.807) is 19.2 Å². The zero-order chi connectivity index (χ0) is 22.3. The van der Waals surface area contributed by atoms with E-state index >= 15 is 0 Å². The molecule has 2 atom stereocenters. The van der Waals surface area contributed by atoms with Gasteiger partial charge in [0.1, 0.15) is 11.5 Å². The Labute approximate surface area is 179 Å². The van der Waals surface area contributed by atoms with E-state index in [9.17, 15) is 13.5 Å². The number of nitrogens with two attached hydrogens (primary N) is 1. The molecule has 2 rings (SSSR count). The van der Waals surface area contributed by atoms with E-state index in [2.05, 4.69) is 0 Å². The molecule has 8 heteroatoms. The maximum absolute atomic E-state index is 13.2. The fraction of sp³-hybridized carbons (Fsp3) is 0.455. The summed E-state index contributed by atoms with van der Waals surface area (Å²) in [7, 11) is -0.669. The molecular weight excluding hydrogens is 404 g/mol. The third-order valence-corrected chi connectivity index (χ3v) is 6.63. The first-order chi connectivity index (χ1) is 14.2. The van der Waals surface area contributed by atoms with E-state index in [1.165, 1.54) is 23.5 Å². The van der Waals surface area contributed by atoms with E-state index < -0.39 is 22.2 Å². The smallest absolute Gasteiger partial charge is 0.243 e. The van der Waals surface area contributed by atoms with Gasteiger partial charge in [0, 0.05) is 19.1 Å². The average molecular weight is 437 g/mol. The minimum absolute atomic E-state index is 0.0795. The lowest BCUT2D eigenvalue weighted by Crippen LogP contribution is -2.47. The molecule has 0 bridgehead atoms. The first-order valence-corrected chi connectivity index (χ1v) is 11.3. The van der Waals surface area contributed by atoms with Crippen molar-refractivity contribution in [1.82, 2.24) is 4.31 Å². The fourth-order valence-electron chi connectivity index (χ4n) is 3.09. The third kappa shape index (κ3) is 6.43. The van der Waals surface area contributed by atoms with Gasteiger partial charge in [0.2, 0.25) is 10.0 Å². The van der Waals surface area contributed by atoms with Crippen LogP contribution in [0.25, 0.3) is 0 Å². The van der Waals surface area contributed by atoms with Crippen LogP contribution in [-0.2, 0) is 16.4 Å². The van der Waals surface area contributed by atoms with Gasteiger partial charge < -0.3 is 20.3 Å². The maximum Gasteiger partial charge on any atom is 0.243 e. The predicted octanol–water partition coefficient (Wildman–Crippen LogP) is 2.28. The fourth-order valence-corrected chi connectivity index (χ4v) is 4.71. The van der Waals surface area contributed by atoms with Gasteiger partial charge in [-0.05, 0) is 54.3 Å². The van der Waals surface area contributed by atoms with Crippen LogP contribution >= 0.6 is 0 Å². The van der Waals surface area contributed by atoms with Gasteiger partial charge >= 0.3 is 0 Å². The Kier molecular flexibility index (Phi) is 8.66. The average Bonchev–Trinajstić information content (AvgIpc) is 2.73. The monoisotopic (exact) mass is 436 g/mol. The second-order valence-electron chi connectivity index (χ2n) is 7.67. The molecule has 0 saturated heterocycles. The summed E-state index contributed by atoms with van der Waals surface area (Å²) < 4.78 is 37.9. The van der Waals surface area contributed by atoms with Crippen molar-refractivity contribution in [3.05, 3.63) is 54.1 Å². The van der Waals surface area contributed by atoms with Crippen LogP contribution < -0.4 is 15.2 Å². The Morgan fingerprint density at radius 3 is 1.90 bits per heavy atom. The topological polar surface area (TPSA) is 102 Å². The molecule has 0 aromatic heterocycles. The largest absolute Gasteiger partial charge is 0.497 e. The Morgan fingerprint density at radius 1 is 0.933 bits per heavy atom. The van der Waals surface area contributed by atoms with Crippen molar-refractivity contribution in [3.8, 4) is 11.5 Å². The van der Waals surface area contributed by atoms with E-state index in [0.29, 0.717) is 12.2 Å². The second kappa shape index (κ2) is 10.8. The molecule has 7 nitrogen and oxygen atoms in total. The molecule has 30 heavy (non-hydrogen) atoms. The molecule has 0 aliphatic carbocycles. The van der Waals surface area contributed by atoms with Gasteiger partial charge in [0.25, 0.3) is 0 Å². The first kappa shape index (κ1) is 24.1. The molecule has 0 unspecified atom stereocenters. The summed E-state index contributed by atoms with van der Waals surface area (Å²) in [6.07, 6.45) is -0.595. The van der Waals surface area contributed by atoms with Gasteiger partial charge in [0.05, 0.1) is 25.2 Å². The Balaban J connectivity index is 2.14. The summed E-state index contributed by atoms with van der Waals surface area (Å²) in [5.41, 5.74) is 7.14. The third-order valence-electron chi connectivity index (χ3n) is 4.78. The quantitative estimate of drug-likeness (QED) is 0.560. The summed E-state index contributed by atoms with van der Waals surface area (Å²) in [6.45, 7) is 4.06. The van der Waals surface area contributed by atoms with Crippen molar-refractivity contribution < 1.29 is 23.0 Å². The number of aliphatic hydroxyl groups excluding tert-OH is 1. The molecule has 0 radical (unpaired) electrons. The van der Waals surface area contributed by atoms with Crippen molar-refractivity contribution in [2.45, 2.75) is 37.3 Å². The zero-order valence-electron chi connectivity index (χ0n) is 18.0.